The zero-order chi connectivity index (χ0) is 25.4. The molecule has 1 aromatic heterocycles. The lowest BCUT2D eigenvalue weighted by Gasteiger charge is -2.35. The maximum absolute atomic E-state index is 13.1. The lowest BCUT2D eigenvalue weighted by atomic mass is 10.0. The minimum absolute atomic E-state index is 0.106. The number of nitrogens with zero attached hydrogens (tertiary/aromatic N) is 4. The second kappa shape index (κ2) is 12.0. The van der Waals surface area contributed by atoms with Crippen LogP contribution in [0.3, 0.4) is 0 Å². The molecule has 2 amide bonds. The smallest absolute Gasteiger partial charge is 0.359 e. The van der Waals surface area contributed by atoms with E-state index in [1.807, 2.05) is 6.92 Å². The SMILES string of the molecule is CCCN(CC#CC(F)(F)F)c1ccc(NC(=O)[C@H]2CCCCN2C(=O)Cn2ccnc2)cc1Cl. The van der Waals surface area contributed by atoms with Crippen LogP contribution < -0.4 is 10.2 Å². The van der Waals surface area contributed by atoms with Crippen molar-refractivity contribution in [2.45, 2.75) is 51.4 Å². The van der Waals surface area contributed by atoms with Gasteiger partial charge in [-0.05, 0) is 43.9 Å². The van der Waals surface area contributed by atoms with Gasteiger partial charge in [0, 0.05) is 37.1 Å². The summed E-state index contributed by atoms with van der Waals surface area (Å²) in [7, 11) is 0. The average Bonchev–Trinajstić information content (AvgIpc) is 3.31. The molecule has 1 atom stereocenters. The lowest BCUT2D eigenvalue weighted by molar-refractivity contribution is -0.140. The largest absolute Gasteiger partial charge is 0.457 e. The number of hydrogen-bond acceptors (Lipinski definition) is 4. The molecule has 1 N–H and O–H groups in total. The molecule has 1 aromatic carbocycles. The summed E-state index contributed by atoms with van der Waals surface area (Å²) in [6.45, 7) is 2.84. The third-order valence-electron chi connectivity index (χ3n) is 5.55. The van der Waals surface area contributed by atoms with Crippen molar-refractivity contribution in [1.29, 1.82) is 0 Å². The number of hydrogen-bond donors (Lipinski definition) is 1. The predicted octanol–water partition coefficient (Wildman–Crippen LogP) is 4.34. The van der Waals surface area contributed by atoms with Crippen LogP contribution in [0, 0.1) is 11.8 Å². The van der Waals surface area contributed by atoms with Gasteiger partial charge in [-0.2, -0.15) is 13.2 Å². The Morgan fingerprint density at radius 3 is 2.77 bits per heavy atom. The molecule has 1 fully saturated rings. The average molecular weight is 510 g/mol. The number of aromatic nitrogens is 2. The number of benzene rings is 1. The molecule has 1 saturated heterocycles. The van der Waals surface area contributed by atoms with Crippen LogP contribution in [0.25, 0.3) is 0 Å². The number of carbonyl (C=O) groups is 2. The van der Waals surface area contributed by atoms with Crippen LogP contribution in [-0.4, -0.2) is 58.1 Å². The molecule has 188 valence electrons. The third-order valence-corrected chi connectivity index (χ3v) is 5.86. The molecule has 1 aliphatic heterocycles. The Morgan fingerprint density at radius 1 is 1.31 bits per heavy atom. The van der Waals surface area contributed by atoms with Crippen molar-refractivity contribution in [2.75, 3.05) is 29.9 Å². The Labute approximate surface area is 207 Å². The van der Waals surface area contributed by atoms with Gasteiger partial charge in [-0.15, -0.1) is 0 Å². The highest BCUT2D eigenvalue weighted by Crippen LogP contribution is 2.30. The number of alkyl halides is 3. The highest BCUT2D eigenvalue weighted by Gasteiger charge is 2.32. The van der Waals surface area contributed by atoms with Crippen LogP contribution in [-0.2, 0) is 16.1 Å². The van der Waals surface area contributed by atoms with E-state index in [1.54, 1.807) is 51.3 Å². The fourth-order valence-electron chi connectivity index (χ4n) is 3.99. The molecule has 0 spiro atoms. The second-order valence-electron chi connectivity index (χ2n) is 8.21. The Balaban J connectivity index is 1.69. The number of anilines is 2. The van der Waals surface area contributed by atoms with Gasteiger partial charge in [0.2, 0.25) is 11.8 Å². The van der Waals surface area contributed by atoms with E-state index in [9.17, 15) is 22.8 Å². The van der Waals surface area contributed by atoms with Crippen LogP contribution in [0.4, 0.5) is 24.5 Å². The number of likely N-dealkylation sites (tertiary alicyclic amines) is 1. The molecule has 0 aliphatic carbocycles. The summed E-state index contributed by atoms with van der Waals surface area (Å²) in [6.07, 6.45) is 3.17. The van der Waals surface area contributed by atoms with Gasteiger partial charge in [-0.1, -0.05) is 24.4 Å². The Kier molecular flexibility index (Phi) is 9.04. The zero-order valence-electron chi connectivity index (χ0n) is 19.3. The number of imidazole rings is 1. The summed E-state index contributed by atoms with van der Waals surface area (Å²) in [5.74, 6) is 2.94. The van der Waals surface area contributed by atoms with Crippen LogP contribution in [0.15, 0.2) is 36.9 Å². The van der Waals surface area contributed by atoms with E-state index in [0.717, 1.165) is 12.8 Å². The summed E-state index contributed by atoms with van der Waals surface area (Å²) >= 11 is 6.42. The van der Waals surface area contributed by atoms with Crippen molar-refractivity contribution in [3.05, 3.63) is 41.9 Å². The van der Waals surface area contributed by atoms with Gasteiger partial charge in [-0.3, -0.25) is 9.59 Å². The number of piperidine rings is 1. The number of carbonyl (C=O) groups excluding carboxylic acids is 2. The zero-order valence-corrected chi connectivity index (χ0v) is 20.1. The molecule has 11 heteroatoms. The maximum atomic E-state index is 13.1. The van der Waals surface area contributed by atoms with Crippen LogP contribution in [0.2, 0.25) is 5.02 Å². The fourth-order valence-corrected chi connectivity index (χ4v) is 4.29. The molecule has 2 aromatic rings. The van der Waals surface area contributed by atoms with Crippen LogP contribution in [0.1, 0.15) is 32.6 Å². The third kappa shape index (κ3) is 7.65. The van der Waals surface area contributed by atoms with E-state index >= 15 is 0 Å². The minimum atomic E-state index is -4.55. The first-order valence-electron chi connectivity index (χ1n) is 11.3. The van der Waals surface area contributed by atoms with E-state index in [2.05, 4.69) is 16.2 Å². The minimum Gasteiger partial charge on any atom is -0.359 e. The second-order valence-corrected chi connectivity index (χ2v) is 8.62. The molecule has 0 unspecified atom stereocenters. The summed E-state index contributed by atoms with van der Waals surface area (Å²) < 4.78 is 38.8. The molecule has 35 heavy (non-hydrogen) atoms. The molecular weight excluding hydrogens is 483 g/mol. The topological polar surface area (TPSA) is 70.5 Å². The highest BCUT2D eigenvalue weighted by molar-refractivity contribution is 6.33. The lowest BCUT2D eigenvalue weighted by Crippen LogP contribution is -2.50. The van der Waals surface area contributed by atoms with Gasteiger partial charge in [0.25, 0.3) is 0 Å². The molecule has 3 rings (SSSR count). The molecule has 7 nitrogen and oxygen atoms in total. The van der Waals surface area contributed by atoms with Crippen molar-refractivity contribution in [3.63, 3.8) is 0 Å². The van der Waals surface area contributed by atoms with Crippen LogP contribution >= 0.6 is 11.6 Å². The van der Waals surface area contributed by atoms with Crippen LogP contribution in [0.5, 0.6) is 0 Å². The number of amides is 2. The summed E-state index contributed by atoms with van der Waals surface area (Å²) in [5, 5.41) is 3.11. The molecule has 0 bridgehead atoms. The van der Waals surface area contributed by atoms with E-state index in [0.29, 0.717) is 37.3 Å². The fraction of sp³-hybridized carbons (Fsp3) is 0.458. The van der Waals surface area contributed by atoms with Crippen molar-refractivity contribution >= 4 is 34.8 Å². The monoisotopic (exact) mass is 509 g/mol. The van der Waals surface area contributed by atoms with Crippen molar-refractivity contribution in [2.24, 2.45) is 0 Å². The number of rotatable bonds is 8. The first-order valence-corrected chi connectivity index (χ1v) is 11.7. The van der Waals surface area contributed by atoms with Gasteiger partial charge in [0.05, 0.1) is 23.6 Å². The number of nitrogens with one attached hydrogen (secondary N) is 1. The van der Waals surface area contributed by atoms with E-state index in [1.165, 1.54) is 5.92 Å². The predicted molar refractivity (Wildman–Crippen MR) is 128 cm³/mol. The van der Waals surface area contributed by atoms with Crippen molar-refractivity contribution < 1.29 is 22.8 Å². The van der Waals surface area contributed by atoms with Gasteiger partial charge >= 0.3 is 6.18 Å². The Bertz CT molecular complexity index is 1080. The maximum Gasteiger partial charge on any atom is 0.457 e. The number of halogens is 4. The van der Waals surface area contributed by atoms with Gasteiger partial charge < -0.3 is 19.7 Å². The molecule has 2 heterocycles. The Morgan fingerprint density at radius 2 is 2.11 bits per heavy atom. The highest BCUT2D eigenvalue weighted by atomic mass is 35.5. The normalized spacial score (nSPS) is 15.8. The van der Waals surface area contributed by atoms with Gasteiger partial charge in [0.1, 0.15) is 12.6 Å². The molecule has 1 aliphatic rings. The standard InChI is InChI=1S/C24H27ClF3N5O2/c1-2-11-32(12-5-9-24(26,27)28)20-8-7-18(15-19(20)25)30-23(35)21-6-3-4-13-33(21)22(34)16-31-14-10-29-17-31/h7-8,10,14-15,17,21H,2-4,6,11-13,16H2,1H3,(H,30,35)/t21-/m1/s1. The first kappa shape index (κ1) is 26.4. The quantitative estimate of drug-likeness (QED) is 0.537. The van der Waals surface area contributed by atoms with E-state index in [-0.39, 0.29) is 29.9 Å². The molecule has 0 radical (unpaired) electrons. The van der Waals surface area contributed by atoms with Crippen molar-refractivity contribution in [3.8, 4) is 11.8 Å². The summed E-state index contributed by atoms with van der Waals surface area (Å²) in [5.41, 5.74) is 0.965. The molecular formula is C24H27ClF3N5O2. The summed E-state index contributed by atoms with van der Waals surface area (Å²) in [6, 6.07) is 4.23. The molecule has 0 saturated carbocycles. The Hall–Kier alpha value is -3.19. The summed E-state index contributed by atoms with van der Waals surface area (Å²) in [4.78, 5) is 33.0. The van der Waals surface area contributed by atoms with Gasteiger partial charge in [-0.25, -0.2) is 4.98 Å². The van der Waals surface area contributed by atoms with Gasteiger partial charge in [0.15, 0.2) is 0 Å². The van der Waals surface area contributed by atoms with E-state index in [4.69, 9.17) is 11.6 Å². The first-order chi connectivity index (χ1) is 16.7. The van der Waals surface area contributed by atoms with Crippen molar-refractivity contribution in [1.82, 2.24) is 14.5 Å². The van der Waals surface area contributed by atoms with E-state index < -0.39 is 12.2 Å².